The Bertz CT molecular complexity index is 919. The lowest BCUT2D eigenvalue weighted by atomic mass is 10.1. The number of amides is 2. The van der Waals surface area contributed by atoms with Crippen molar-refractivity contribution in [2.75, 3.05) is 0 Å². The van der Waals surface area contributed by atoms with Gasteiger partial charge >= 0.3 is 0 Å². The zero-order chi connectivity index (χ0) is 17.3. The normalized spacial score (nSPS) is 12.1. The van der Waals surface area contributed by atoms with Crippen molar-refractivity contribution >= 4 is 38.7 Å². The first-order chi connectivity index (χ1) is 11.5. The van der Waals surface area contributed by atoms with E-state index in [1.165, 1.54) is 0 Å². The molecular weight excluding hydrogens is 372 g/mol. The van der Waals surface area contributed by atoms with Gasteiger partial charge in [0.25, 0.3) is 5.91 Å². The van der Waals surface area contributed by atoms with Gasteiger partial charge in [-0.05, 0) is 30.7 Å². The fourth-order valence-corrected chi connectivity index (χ4v) is 2.93. The molecule has 5 nitrogen and oxygen atoms in total. The minimum atomic E-state index is -0.918. The van der Waals surface area contributed by atoms with Crippen LogP contribution in [0, 0.1) is 6.92 Å². The maximum absolute atomic E-state index is 12.6. The minimum absolute atomic E-state index is 0.172. The van der Waals surface area contributed by atoms with Crippen molar-refractivity contribution in [1.29, 1.82) is 0 Å². The molecule has 1 heterocycles. The van der Waals surface area contributed by atoms with E-state index in [-0.39, 0.29) is 5.76 Å². The molecule has 1 unspecified atom stereocenters. The lowest BCUT2D eigenvalue weighted by Crippen LogP contribution is -2.37. The third-order valence-corrected chi connectivity index (χ3v) is 4.29. The third kappa shape index (κ3) is 3.05. The van der Waals surface area contributed by atoms with Crippen LogP contribution in [0.3, 0.4) is 0 Å². The number of hydrogen-bond donors (Lipinski definition) is 2. The van der Waals surface area contributed by atoms with Gasteiger partial charge in [-0.2, -0.15) is 0 Å². The van der Waals surface area contributed by atoms with Gasteiger partial charge in [0.15, 0.2) is 5.76 Å². The highest BCUT2D eigenvalue weighted by atomic mass is 79.9. The van der Waals surface area contributed by atoms with E-state index >= 15 is 0 Å². The Kier molecular flexibility index (Phi) is 4.40. The molecular formula is C18H15BrN2O3. The van der Waals surface area contributed by atoms with E-state index in [1.807, 2.05) is 18.2 Å². The van der Waals surface area contributed by atoms with Gasteiger partial charge in [0.2, 0.25) is 5.91 Å². The van der Waals surface area contributed by atoms with Crippen molar-refractivity contribution in [1.82, 2.24) is 5.32 Å². The second-order valence-corrected chi connectivity index (χ2v) is 6.33. The number of aryl methyl sites for hydroxylation is 1. The summed E-state index contributed by atoms with van der Waals surface area (Å²) in [5, 5.41) is 3.48. The molecule has 3 aromatic rings. The average molecular weight is 387 g/mol. The fraction of sp³-hybridized carbons (Fsp3) is 0.111. The minimum Gasteiger partial charge on any atom is -0.451 e. The Labute approximate surface area is 147 Å². The van der Waals surface area contributed by atoms with Gasteiger partial charge in [-0.1, -0.05) is 46.3 Å². The Morgan fingerprint density at radius 2 is 1.88 bits per heavy atom. The lowest BCUT2D eigenvalue weighted by Gasteiger charge is -2.15. The summed E-state index contributed by atoms with van der Waals surface area (Å²) in [7, 11) is 0. The molecule has 122 valence electrons. The number of hydrogen-bond acceptors (Lipinski definition) is 3. The molecule has 0 saturated heterocycles. The first kappa shape index (κ1) is 16.3. The quantitative estimate of drug-likeness (QED) is 0.719. The number of rotatable bonds is 4. The van der Waals surface area contributed by atoms with E-state index in [4.69, 9.17) is 10.2 Å². The monoisotopic (exact) mass is 386 g/mol. The van der Waals surface area contributed by atoms with Crippen molar-refractivity contribution < 1.29 is 14.0 Å². The van der Waals surface area contributed by atoms with Crippen LogP contribution >= 0.6 is 15.9 Å². The molecule has 6 heteroatoms. The number of furan rings is 1. The maximum atomic E-state index is 12.6. The predicted molar refractivity (Wildman–Crippen MR) is 94.5 cm³/mol. The molecule has 0 bridgehead atoms. The molecule has 0 aliphatic heterocycles. The molecule has 2 aromatic carbocycles. The molecule has 0 fully saturated rings. The molecule has 1 atom stereocenters. The molecule has 0 spiro atoms. The molecule has 1 aromatic heterocycles. The van der Waals surface area contributed by atoms with Gasteiger partial charge in [0.1, 0.15) is 11.6 Å². The van der Waals surface area contributed by atoms with Crippen LogP contribution in [-0.2, 0) is 4.79 Å². The predicted octanol–water partition coefficient (Wildman–Crippen LogP) is 3.46. The van der Waals surface area contributed by atoms with Gasteiger partial charge in [-0.15, -0.1) is 0 Å². The highest BCUT2D eigenvalue weighted by Crippen LogP contribution is 2.28. The highest BCUT2D eigenvalue weighted by Gasteiger charge is 2.24. The van der Waals surface area contributed by atoms with Crippen molar-refractivity contribution in [3.05, 3.63) is 69.9 Å². The van der Waals surface area contributed by atoms with Crippen LogP contribution in [0.5, 0.6) is 0 Å². The summed E-state index contributed by atoms with van der Waals surface area (Å²) in [6, 6.07) is 13.4. The first-order valence-electron chi connectivity index (χ1n) is 7.31. The van der Waals surface area contributed by atoms with Crippen molar-refractivity contribution in [3.63, 3.8) is 0 Å². The second kappa shape index (κ2) is 6.49. The lowest BCUT2D eigenvalue weighted by molar-refractivity contribution is -0.120. The molecule has 2 amide bonds. The number of nitrogens with one attached hydrogen (secondary N) is 1. The molecule has 0 saturated carbocycles. The zero-order valence-electron chi connectivity index (χ0n) is 12.9. The molecule has 3 rings (SSSR count). The molecule has 3 N–H and O–H groups in total. The summed E-state index contributed by atoms with van der Waals surface area (Å²) in [6.07, 6.45) is 0. The van der Waals surface area contributed by atoms with Gasteiger partial charge in [0, 0.05) is 15.4 Å². The number of fused-ring (bicyclic) bond motifs is 1. The van der Waals surface area contributed by atoms with Gasteiger partial charge in [-0.25, -0.2) is 0 Å². The second-order valence-electron chi connectivity index (χ2n) is 5.42. The number of halogens is 1. The topological polar surface area (TPSA) is 85.3 Å². The van der Waals surface area contributed by atoms with E-state index < -0.39 is 17.9 Å². The van der Waals surface area contributed by atoms with Crippen LogP contribution in [0.15, 0.2) is 57.4 Å². The van der Waals surface area contributed by atoms with Crippen LogP contribution in [0.1, 0.15) is 27.7 Å². The number of nitrogens with two attached hydrogens (primary N) is 1. The van der Waals surface area contributed by atoms with Crippen molar-refractivity contribution in [3.8, 4) is 0 Å². The number of primary amides is 1. The van der Waals surface area contributed by atoms with Crippen LogP contribution in [-0.4, -0.2) is 11.8 Å². The maximum Gasteiger partial charge on any atom is 0.288 e. The van der Waals surface area contributed by atoms with Crippen LogP contribution in [0.2, 0.25) is 0 Å². The average Bonchev–Trinajstić information content (AvgIpc) is 2.89. The summed E-state index contributed by atoms with van der Waals surface area (Å²) in [6.45, 7) is 1.80. The summed E-state index contributed by atoms with van der Waals surface area (Å²) in [5.41, 5.74) is 7.37. The Morgan fingerprint density at radius 3 is 2.54 bits per heavy atom. The molecule has 24 heavy (non-hydrogen) atoms. The third-order valence-electron chi connectivity index (χ3n) is 3.80. The van der Waals surface area contributed by atoms with E-state index in [9.17, 15) is 9.59 Å². The SMILES string of the molecule is Cc1c(C(=O)NC(C(N)=O)c2ccccc2)oc2ccc(Br)cc12. The summed E-state index contributed by atoms with van der Waals surface area (Å²) >= 11 is 3.40. The standard InChI is InChI=1S/C18H15BrN2O3/c1-10-13-9-12(19)7-8-14(13)24-16(10)18(23)21-15(17(20)22)11-5-3-2-4-6-11/h2-9,15H,1H3,(H2,20,22)(H,21,23). The van der Waals surface area contributed by atoms with Crippen LogP contribution in [0.25, 0.3) is 11.0 Å². The molecule has 0 aliphatic rings. The van der Waals surface area contributed by atoms with Gasteiger partial charge < -0.3 is 15.5 Å². The van der Waals surface area contributed by atoms with Crippen LogP contribution < -0.4 is 11.1 Å². The van der Waals surface area contributed by atoms with E-state index in [1.54, 1.807) is 37.3 Å². The van der Waals surface area contributed by atoms with E-state index in [0.717, 1.165) is 9.86 Å². The molecule has 0 aliphatic carbocycles. The molecule has 0 radical (unpaired) electrons. The Hall–Kier alpha value is -2.60. The Balaban J connectivity index is 1.94. The summed E-state index contributed by atoms with van der Waals surface area (Å²) < 4.78 is 6.54. The largest absolute Gasteiger partial charge is 0.451 e. The van der Waals surface area contributed by atoms with Crippen molar-refractivity contribution in [2.24, 2.45) is 5.73 Å². The zero-order valence-corrected chi connectivity index (χ0v) is 14.5. The Morgan fingerprint density at radius 1 is 1.17 bits per heavy atom. The van der Waals surface area contributed by atoms with Crippen molar-refractivity contribution in [2.45, 2.75) is 13.0 Å². The van der Waals surface area contributed by atoms with Gasteiger partial charge in [-0.3, -0.25) is 9.59 Å². The smallest absolute Gasteiger partial charge is 0.288 e. The number of benzene rings is 2. The summed E-state index contributed by atoms with van der Waals surface area (Å²) in [4.78, 5) is 24.3. The first-order valence-corrected chi connectivity index (χ1v) is 8.10. The van der Waals surface area contributed by atoms with E-state index in [2.05, 4.69) is 21.2 Å². The van der Waals surface area contributed by atoms with E-state index in [0.29, 0.717) is 16.7 Å². The summed E-state index contributed by atoms with van der Waals surface area (Å²) in [5.74, 6) is -0.941. The number of carbonyl (C=O) groups is 2. The number of carbonyl (C=O) groups excluding carboxylic acids is 2. The van der Waals surface area contributed by atoms with Crippen LogP contribution in [0.4, 0.5) is 0 Å². The highest BCUT2D eigenvalue weighted by molar-refractivity contribution is 9.10. The fourth-order valence-electron chi connectivity index (χ4n) is 2.57. The van der Waals surface area contributed by atoms with Gasteiger partial charge in [0.05, 0.1) is 0 Å².